The van der Waals surface area contributed by atoms with Gasteiger partial charge in [-0.3, -0.25) is 4.79 Å². The highest BCUT2D eigenvalue weighted by Gasteiger charge is 2.11. The number of hydrogen-bond donors (Lipinski definition) is 2. The lowest BCUT2D eigenvalue weighted by atomic mass is 10.1. The van der Waals surface area contributed by atoms with Crippen molar-refractivity contribution in [3.8, 4) is 0 Å². The largest absolute Gasteiger partial charge is 0.465 e. The number of nitrogens with one attached hydrogen (secondary N) is 2. The van der Waals surface area contributed by atoms with E-state index in [1.54, 1.807) is 18.2 Å². The topological polar surface area (TPSA) is 67.4 Å². The van der Waals surface area contributed by atoms with Crippen LogP contribution in [-0.4, -0.2) is 25.5 Å². The summed E-state index contributed by atoms with van der Waals surface area (Å²) < 4.78 is 4.70. The first-order valence-electron chi connectivity index (χ1n) is 7.78. The van der Waals surface area contributed by atoms with E-state index in [0.717, 1.165) is 11.1 Å². The summed E-state index contributed by atoms with van der Waals surface area (Å²) in [6.45, 7) is 4.06. The summed E-state index contributed by atoms with van der Waals surface area (Å²) in [6, 6.07) is 15.1. The predicted molar refractivity (Wildman–Crippen MR) is 94.0 cm³/mol. The molecule has 5 heteroatoms. The quantitative estimate of drug-likeness (QED) is 0.801. The second kappa shape index (κ2) is 8.26. The maximum Gasteiger partial charge on any atom is 0.337 e. The molecule has 24 heavy (non-hydrogen) atoms. The highest BCUT2D eigenvalue weighted by atomic mass is 16.5. The van der Waals surface area contributed by atoms with Crippen LogP contribution >= 0.6 is 0 Å². The highest BCUT2D eigenvalue weighted by molar-refractivity contribution is 5.96. The maximum atomic E-state index is 12.2. The second-order valence-corrected chi connectivity index (χ2v) is 5.58. The molecule has 0 radical (unpaired) electrons. The number of anilines is 1. The number of hydrogen-bond acceptors (Lipinski definition) is 4. The van der Waals surface area contributed by atoms with E-state index in [9.17, 15) is 9.59 Å². The van der Waals surface area contributed by atoms with E-state index in [1.165, 1.54) is 7.11 Å². The molecule has 0 aliphatic heterocycles. The van der Waals surface area contributed by atoms with Crippen molar-refractivity contribution < 1.29 is 14.3 Å². The Bertz CT molecular complexity index is 714. The highest BCUT2D eigenvalue weighted by Crippen LogP contribution is 2.17. The Labute approximate surface area is 142 Å². The van der Waals surface area contributed by atoms with Gasteiger partial charge in [-0.15, -0.1) is 0 Å². The molecule has 0 spiro atoms. The van der Waals surface area contributed by atoms with Crippen LogP contribution in [0.2, 0.25) is 0 Å². The van der Waals surface area contributed by atoms with E-state index in [2.05, 4.69) is 10.6 Å². The first-order valence-corrected chi connectivity index (χ1v) is 7.78. The summed E-state index contributed by atoms with van der Waals surface area (Å²) in [6.07, 6.45) is 0. The third-order valence-electron chi connectivity index (χ3n) is 3.80. The van der Waals surface area contributed by atoms with Gasteiger partial charge in [-0.25, -0.2) is 4.79 Å². The van der Waals surface area contributed by atoms with Gasteiger partial charge in [-0.05, 0) is 37.1 Å². The van der Waals surface area contributed by atoms with Gasteiger partial charge >= 0.3 is 5.97 Å². The molecular weight excluding hydrogens is 304 g/mol. The average molecular weight is 326 g/mol. The first-order chi connectivity index (χ1) is 11.5. The molecule has 0 fully saturated rings. The molecule has 2 rings (SSSR count). The number of carbonyl (C=O) groups excluding carboxylic acids is 2. The van der Waals surface area contributed by atoms with Crippen LogP contribution in [0.1, 0.15) is 34.5 Å². The number of amides is 1. The van der Waals surface area contributed by atoms with Gasteiger partial charge in [-0.2, -0.15) is 0 Å². The fraction of sp³-hybridized carbons (Fsp3) is 0.263. The van der Waals surface area contributed by atoms with Crippen molar-refractivity contribution in [3.63, 3.8) is 0 Å². The normalized spacial score (nSPS) is 11.6. The van der Waals surface area contributed by atoms with Crippen molar-refractivity contribution in [3.05, 3.63) is 65.2 Å². The fourth-order valence-corrected chi connectivity index (χ4v) is 2.30. The molecule has 1 amide bonds. The summed E-state index contributed by atoms with van der Waals surface area (Å²) >= 11 is 0. The lowest BCUT2D eigenvalue weighted by molar-refractivity contribution is -0.115. The van der Waals surface area contributed by atoms with Gasteiger partial charge in [0.05, 0.1) is 19.2 Å². The molecule has 0 aromatic heterocycles. The number of esters is 1. The number of methoxy groups -OCH3 is 1. The second-order valence-electron chi connectivity index (χ2n) is 5.58. The van der Waals surface area contributed by atoms with Gasteiger partial charge in [-0.1, -0.05) is 36.4 Å². The van der Waals surface area contributed by atoms with Gasteiger partial charge in [0.1, 0.15) is 0 Å². The van der Waals surface area contributed by atoms with Crippen LogP contribution in [-0.2, 0) is 9.53 Å². The van der Waals surface area contributed by atoms with Crippen LogP contribution in [0.4, 0.5) is 5.69 Å². The van der Waals surface area contributed by atoms with Gasteiger partial charge < -0.3 is 15.4 Å². The van der Waals surface area contributed by atoms with Crippen LogP contribution in [0, 0.1) is 6.92 Å². The molecule has 126 valence electrons. The van der Waals surface area contributed by atoms with Gasteiger partial charge in [0.25, 0.3) is 0 Å². The Morgan fingerprint density at radius 3 is 2.50 bits per heavy atom. The van der Waals surface area contributed by atoms with E-state index < -0.39 is 5.97 Å². The zero-order valence-corrected chi connectivity index (χ0v) is 14.1. The Morgan fingerprint density at radius 1 is 1.12 bits per heavy atom. The van der Waals surface area contributed by atoms with E-state index in [-0.39, 0.29) is 18.5 Å². The van der Waals surface area contributed by atoms with E-state index in [4.69, 9.17) is 4.74 Å². The zero-order valence-electron chi connectivity index (χ0n) is 14.1. The third-order valence-corrected chi connectivity index (χ3v) is 3.80. The van der Waals surface area contributed by atoms with Crippen LogP contribution < -0.4 is 10.6 Å². The summed E-state index contributed by atoms with van der Waals surface area (Å²) in [4.78, 5) is 23.7. The Balaban J connectivity index is 1.96. The van der Waals surface area contributed by atoms with Gasteiger partial charge in [0, 0.05) is 11.7 Å². The number of aryl methyl sites for hydroxylation is 1. The SMILES string of the molecule is COC(=O)c1ccc(C)c(NC(=O)CN[C@@H](C)c2ccccc2)c1. The molecule has 2 aromatic carbocycles. The number of rotatable bonds is 6. The van der Waals surface area contributed by atoms with Crippen molar-refractivity contribution in [1.82, 2.24) is 5.32 Å². The minimum Gasteiger partial charge on any atom is -0.465 e. The predicted octanol–water partition coefficient (Wildman–Crippen LogP) is 3.07. The molecular formula is C19H22N2O3. The minimum atomic E-state index is -0.429. The standard InChI is InChI=1S/C19H22N2O3/c1-13-9-10-16(19(23)24-3)11-17(13)21-18(22)12-20-14(2)15-7-5-4-6-8-15/h4-11,14,20H,12H2,1-3H3,(H,21,22)/t14-/m0/s1. The van der Waals surface area contributed by atoms with E-state index in [0.29, 0.717) is 11.3 Å². The van der Waals surface area contributed by atoms with Crippen LogP contribution in [0.5, 0.6) is 0 Å². The van der Waals surface area contributed by atoms with Crippen molar-refractivity contribution in [2.45, 2.75) is 19.9 Å². The van der Waals surface area contributed by atoms with Crippen molar-refractivity contribution in [1.29, 1.82) is 0 Å². The Kier molecular flexibility index (Phi) is 6.09. The fourth-order valence-electron chi connectivity index (χ4n) is 2.30. The smallest absolute Gasteiger partial charge is 0.337 e. The molecule has 0 bridgehead atoms. The van der Waals surface area contributed by atoms with Crippen molar-refractivity contribution >= 4 is 17.6 Å². The summed E-state index contributed by atoms with van der Waals surface area (Å²) in [5.74, 6) is -0.593. The molecule has 0 unspecified atom stereocenters. The zero-order chi connectivity index (χ0) is 17.5. The van der Waals surface area contributed by atoms with Crippen LogP contribution in [0.15, 0.2) is 48.5 Å². The Hall–Kier alpha value is -2.66. The molecule has 0 saturated carbocycles. The van der Waals surface area contributed by atoms with Crippen LogP contribution in [0.3, 0.4) is 0 Å². The van der Waals surface area contributed by atoms with Gasteiger partial charge in [0.15, 0.2) is 0 Å². The van der Waals surface area contributed by atoms with Crippen molar-refractivity contribution in [2.75, 3.05) is 19.0 Å². The number of carbonyl (C=O) groups is 2. The molecule has 2 N–H and O–H groups in total. The molecule has 0 aliphatic rings. The van der Waals surface area contributed by atoms with Crippen molar-refractivity contribution in [2.24, 2.45) is 0 Å². The number of ether oxygens (including phenoxy) is 1. The average Bonchev–Trinajstić information content (AvgIpc) is 2.61. The lowest BCUT2D eigenvalue weighted by Gasteiger charge is -2.15. The number of benzene rings is 2. The Morgan fingerprint density at radius 2 is 1.83 bits per heavy atom. The van der Waals surface area contributed by atoms with Gasteiger partial charge in [0.2, 0.25) is 5.91 Å². The summed E-state index contributed by atoms with van der Waals surface area (Å²) in [5.41, 5.74) is 3.02. The van der Waals surface area contributed by atoms with Crippen LogP contribution in [0.25, 0.3) is 0 Å². The molecule has 0 aliphatic carbocycles. The van der Waals surface area contributed by atoms with E-state index >= 15 is 0 Å². The molecule has 1 atom stereocenters. The first kappa shape index (κ1) is 17.7. The maximum absolute atomic E-state index is 12.2. The minimum absolute atomic E-state index is 0.0689. The molecule has 0 heterocycles. The summed E-state index contributed by atoms with van der Waals surface area (Å²) in [7, 11) is 1.33. The van der Waals surface area contributed by atoms with E-state index in [1.807, 2.05) is 44.2 Å². The molecule has 2 aromatic rings. The lowest BCUT2D eigenvalue weighted by Crippen LogP contribution is -2.30. The summed E-state index contributed by atoms with van der Waals surface area (Å²) in [5, 5.41) is 6.01. The third kappa shape index (κ3) is 4.67. The monoisotopic (exact) mass is 326 g/mol. The molecule has 0 saturated heterocycles. The molecule has 5 nitrogen and oxygen atoms in total.